The summed E-state index contributed by atoms with van der Waals surface area (Å²) in [7, 11) is -1.94. The summed E-state index contributed by atoms with van der Waals surface area (Å²) in [6.07, 6.45) is 1.16. The highest BCUT2D eigenvalue weighted by molar-refractivity contribution is 7.92. The van der Waals surface area contributed by atoms with Gasteiger partial charge in [0.05, 0.1) is 32.2 Å². The maximum Gasteiger partial charge on any atom is 0.232 e. The molecule has 0 aliphatic heterocycles. The van der Waals surface area contributed by atoms with E-state index in [0.717, 1.165) is 11.8 Å². The first kappa shape index (κ1) is 16.3. The topological polar surface area (TPSA) is 66.8 Å². The average Bonchev–Trinajstić information content (AvgIpc) is 2.51. The van der Waals surface area contributed by atoms with Gasteiger partial charge in [-0.1, -0.05) is 30.3 Å². The molecule has 0 bridgehead atoms. The highest BCUT2D eigenvalue weighted by atomic mass is 32.2. The molecule has 2 aromatic carbocycles. The first-order valence-electron chi connectivity index (χ1n) is 6.75. The summed E-state index contributed by atoms with van der Waals surface area (Å²) in [5.41, 5.74) is 1.99. The van der Waals surface area contributed by atoms with Crippen molar-refractivity contribution in [3.63, 3.8) is 0 Å². The Morgan fingerprint density at radius 1 is 1.09 bits per heavy atom. The summed E-state index contributed by atoms with van der Waals surface area (Å²) in [6.45, 7) is 0.0224. The predicted molar refractivity (Wildman–Crippen MR) is 86.4 cm³/mol. The van der Waals surface area contributed by atoms with Crippen molar-refractivity contribution in [2.24, 2.45) is 0 Å². The molecule has 22 heavy (non-hydrogen) atoms. The number of anilines is 1. The third-order valence-electron chi connectivity index (χ3n) is 3.34. The van der Waals surface area contributed by atoms with Crippen molar-refractivity contribution >= 4 is 15.7 Å². The lowest BCUT2D eigenvalue weighted by molar-refractivity contribution is 0.280. The van der Waals surface area contributed by atoms with Crippen LogP contribution in [0.1, 0.15) is 11.1 Å². The lowest BCUT2D eigenvalue weighted by Gasteiger charge is -2.24. The normalized spacial score (nSPS) is 11.2. The van der Waals surface area contributed by atoms with Gasteiger partial charge in [0.2, 0.25) is 10.0 Å². The van der Waals surface area contributed by atoms with Gasteiger partial charge < -0.3 is 9.84 Å². The van der Waals surface area contributed by atoms with Gasteiger partial charge in [0.15, 0.2) is 0 Å². The molecule has 0 saturated carbocycles. The second-order valence-electron chi connectivity index (χ2n) is 4.90. The zero-order chi connectivity index (χ0) is 16.2. The van der Waals surface area contributed by atoms with Crippen LogP contribution in [0.3, 0.4) is 0 Å². The average molecular weight is 321 g/mol. The molecule has 0 spiro atoms. The fourth-order valence-corrected chi connectivity index (χ4v) is 3.06. The van der Waals surface area contributed by atoms with Crippen molar-refractivity contribution < 1.29 is 18.3 Å². The van der Waals surface area contributed by atoms with Crippen molar-refractivity contribution in [2.45, 2.75) is 13.2 Å². The molecule has 1 N–H and O–H groups in total. The van der Waals surface area contributed by atoms with E-state index in [1.54, 1.807) is 30.3 Å². The molecule has 0 unspecified atom stereocenters. The predicted octanol–water partition coefficient (Wildman–Crippen LogP) is 2.15. The second-order valence-corrected chi connectivity index (χ2v) is 6.80. The van der Waals surface area contributed by atoms with Crippen LogP contribution < -0.4 is 9.04 Å². The Hall–Kier alpha value is -2.05. The van der Waals surface area contributed by atoms with Gasteiger partial charge in [0.25, 0.3) is 0 Å². The van der Waals surface area contributed by atoms with Crippen molar-refractivity contribution in [3.8, 4) is 5.75 Å². The van der Waals surface area contributed by atoms with Crippen molar-refractivity contribution in [1.82, 2.24) is 0 Å². The molecule has 0 aliphatic rings. The molecule has 2 aromatic rings. The van der Waals surface area contributed by atoms with Gasteiger partial charge in [0, 0.05) is 6.07 Å². The molecule has 0 aliphatic carbocycles. The summed E-state index contributed by atoms with van der Waals surface area (Å²) in [4.78, 5) is 0. The number of rotatable bonds is 6. The number of aliphatic hydroxyl groups excluding tert-OH is 1. The highest BCUT2D eigenvalue weighted by Gasteiger charge is 2.19. The van der Waals surface area contributed by atoms with E-state index in [1.165, 1.54) is 11.4 Å². The van der Waals surface area contributed by atoms with E-state index in [9.17, 15) is 13.5 Å². The Bertz CT molecular complexity index is 743. The molecule has 6 heteroatoms. The third kappa shape index (κ3) is 3.78. The molecule has 0 fully saturated rings. The Morgan fingerprint density at radius 3 is 2.36 bits per heavy atom. The van der Waals surface area contributed by atoms with Crippen LogP contribution in [0.4, 0.5) is 5.69 Å². The second kappa shape index (κ2) is 6.81. The van der Waals surface area contributed by atoms with E-state index in [1.807, 2.05) is 18.2 Å². The van der Waals surface area contributed by atoms with E-state index in [2.05, 4.69) is 0 Å². The van der Waals surface area contributed by atoms with Gasteiger partial charge in [-0.2, -0.15) is 0 Å². The number of ether oxygens (including phenoxy) is 1. The Kier molecular flexibility index (Phi) is 5.05. The van der Waals surface area contributed by atoms with E-state index < -0.39 is 10.0 Å². The number of hydrogen-bond acceptors (Lipinski definition) is 4. The van der Waals surface area contributed by atoms with E-state index in [0.29, 0.717) is 17.0 Å². The molecule has 5 nitrogen and oxygen atoms in total. The molecule has 118 valence electrons. The van der Waals surface area contributed by atoms with Crippen molar-refractivity contribution in [2.75, 3.05) is 17.7 Å². The van der Waals surface area contributed by atoms with E-state index in [-0.39, 0.29) is 13.2 Å². The molecular weight excluding hydrogens is 302 g/mol. The maximum absolute atomic E-state index is 12.2. The van der Waals surface area contributed by atoms with Gasteiger partial charge >= 0.3 is 0 Å². The number of benzene rings is 2. The zero-order valence-electron chi connectivity index (χ0n) is 12.6. The lowest BCUT2D eigenvalue weighted by Crippen LogP contribution is -2.29. The quantitative estimate of drug-likeness (QED) is 0.885. The summed E-state index contributed by atoms with van der Waals surface area (Å²) >= 11 is 0. The number of methoxy groups -OCH3 is 1. The van der Waals surface area contributed by atoms with E-state index in [4.69, 9.17) is 4.74 Å². The van der Waals surface area contributed by atoms with Gasteiger partial charge in [-0.15, -0.1) is 0 Å². The van der Waals surface area contributed by atoms with Gasteiger partial charge in [-0.25, -0.2) is 8.42 Å². The summed E-state index contributed by atoms with van der Waals surface area (Å²) in [5.74, 6) is 0.585. The minimum Gasteiger partial charge on any atom is -0.497 e. The molecule has 2 rings (SSSR count). The maximum atomic E-state index is 12.2. The van der Waals surface area contributed by atoms with Crippen molar-refractivity contribution in [1.29, 1.82) is 0 Å². The Labute approximate surface area is 130 Å². The molecule has 0 saturated heterocycles. The number of hydrogen-bond donors (Lipinski definition) is 1. The minimum atomic E-state index is -3.47. The fraction of sp³-hybridized carbons (Fsp3) is 0.250. The van der Waals surface area contributed by atoms with Gasteiger partial charge in [-0.3, -0.25) is 4.31 Å². The monoisotopic (exact) mass is 321 g/mol. The van der Waals surface area contributed by atoms with Crippen LogP contribution >= 0.6 is 0 Å². The number of aliphatic hydroxyl groups is 1. The molecular formula is C16H19NO4S. The molecule has 0 aromatic heterocycles. The van der Waals surface area contributed by atoms with Crippen LogP contribution in [-0.4, -0.2) is 26.9 Å². The Morgan fingerprint density at radius 2 is 1.77 bits per heavy atom. The fourth-order valence-electron chi connectivity index (χ4n) is 2.19. The minimum absolute atomic E-state index is 0.133. The molecule has 0 radical (unpaired) electrons. The highest BCUT2D eigenvalue weighted by Crippen LogP contribution is 2.25. The molecule has 0 heterocycles. The molecule has 0 amide bonds. The van der Waals surface area contributed by atoms with Crippen LogP contribution in [0.25, 0.3) is 0 Å². The van der Waals surface area contributed by atoms with Crippen LogP contribution in [0.2, 0.25) is 0 Å². The summed E-state index contributed by atoms with van der Waals surface area (Å²) < 4.78 is 30.8. The lowest BCUT2D eigenvalue weighted by atomic mass is 10.1. The first-order chi connectivity index (χ1) is 10.5. The SMILES string of the molecule is COc1cccc(N(Cc2ccccc2CO)S(C)(=O)=O)c1. The zero-order valence-corrected chi connectivity index (χ0v) is 13.4. The smallest absolute Gasteiger partial charge is 0.232 e. The third-order valence-corrected chi connectivity index (χ3v) is 4.48. The van der Waals surface area contributed by atoms with Gasteiger partial charge in [0.1, 0.15) is 5.75 Å². The van der Waals surface area contributed by atoms with E-state index >= 15 is 0 Å². The Balaban J connectivity index is 2.43. The number of sulfonamides is 1. The van der Waals surface area contributed by atoms with Crippen LogP contribution in [-0.2, 0) is 23.2 Å². The summed E-state index contributed by atoms with van der Waals surface area (Å²) in [6, 6.07) is 14.1. The first-order valence-corrected chi connectivity index (χ1v) is 8.60. The molecule has 0 atom stereocenters. The van der Waals surface area contributed by atoms with Crippen LogP contribution in [0.15, 0.2) is 48.5 Å². The number of nitrogens with zero attached hydrogens (tertiary/aromatic N) is 1. The largest absolute Gasteiger partial charge is 0.497 e. The summed E-state index contributed by atoms with van der Waals surface area (Å²) in [5, 5.41) is 9.40. The van der Waals surface area contributed by atoms with Crippen LogP contribution in [0.5, 0.6) is 5.75 Å². The van der Waals surface area contributed by atoms with Crippen molar-refractivity contribution in [3.05, 3.63) is 59.7 Å². The van der Waals surface area contributed by atoms with Crippen LogP contribution in [0, 0.1) is 0 Å². The van der Waals surface area contributed by atoms with Gasteiger partial charge in [-0.05, 0) is 23.3 Å². The standard InChI is InChI=1S/C16H19NO4S/c1-21-16-9-5-8-15(10-16)17(22(2,19)20)11-13-6-3-4-7-14(13)12-18/h3-10,18H,11-12H2,1-2H3.